The van der Waals surface area contributed by atoms with E-state index in [4.69, 9.17) is 4.74 Å². The van der Waals surface area contributed by atoms with Crippen molar-refractivity contribution in [2.24, 2.45) is 0 Å². The Labute approximate surface area is 676 Å². The van der Waals surface area contributed by atoms with Gasteiger partial charge in [-0.1, -0.05) is 341 Å². The topological polar surface area (TPSA) is 19.0 Å². The lowest BCUT2D eigenvalue weighted by Crippen LogP contribution is -2.64. The average Bonchev–Trinajstić information content (AvgIpc) is 1.50. The molecule has 6 aliphatic rings. The first-order valence-electron chi connectivity index (χ1n) is 40.9. The number of nitrogens with zero attached hydrogens (tertiary/aromatic N) is 3. The molecule has 115 heavy (non-hydrogen) atoms. The highest BCUT2D eigenvalue weighted by Crippen LogP contribution is 2.65. The minimum Gasteiger partial charge on any atom is -0.458 e. The van der Waals surface area contributed by atoms with Crippen molar-refractivity contribution in [1.82, 2.24) is 0 Å². The predicted octanol–water partition coefficient (Wildman–Crippen LogP) is 24.7. The van der Waals surface area contributed by atoms with Gasteiger partial charge < -0.3 is 19.4 Å². The summed E-state index contributed by atoms with van der Waals surface area (Å²) in [6.07, 6.45) is 0. The van der Waals surface area contributed by atoms with Gasteiger partial charge in [0.2, 0.25) is 0 Å². The second-order valence-corrected chi connectivity index (χ2v) is 35.4. The number of rotatable bonds is 8. The molecule has 22 rings (SSSR count). The van der Waals surface area contributed by atoms with Crippen LogP contribution in [-0.2, 0) is 21.7 Å². The minimum atomic E-state index is -0.601. The largest absolute Gasteiger partial charge is 0.458 e. The van der Waals surface area contributed by atoms with Gasteiger partial charge in [0.05, 0.1) is 16.8 Å². The average molecular weight is 1470 g/mol. The summed E-state index contributed by atoms with van der Waals surface area (Å²) in [6, 6.07) is 134. The molecule has 2 aliphatic carbocycles. The van der Waals surface area contributed by atoms with Gasteiger partial charge in [0.1, 0.15) is 11.5 Å². The Bertz CT molecular complexity index is 6570. The molecule has 0 unspecified atom stereocenters. The van der Waals surface area contributed by atoms with E-state index in [9.17, 15) is 0 Å². The highest BCUT2D eigenvalue weighted by molar-refractivity contribution is 7.02. The summed E-state index contributed by atoms with van der Waals surface area (Å²) in [5.74, 6) is 1.67. The Hall–Kier alpha value is -13.2. The summed E-state index contributed by atoms with van der Waals surface area (Å²) in [7, 11) is 0. The Kier molecular flexibility index (Phi) is 15.2. The monoisotopic (exact) mass is 1470 g/mol. The van der Waals surface area contributed by atoms with Gasteiger partial charge in [0.15, 0.2) is 0 Å². The van der Waals surface area contributed by atoms with E-state index in [1.807, 2.05) is 0 Å². The molecule has 16 aromatic carbocycles. The molecular weight excluding hydrogens is 1390 g/mol. The molecule has 0 atom stereocenters. The summed E-state index contributed by atoms with van der Waals surface area (Å²) >= 11 is 0. The van der Waals surface area contributed by atoms with Crippen LogP contribution in [0.3, 0.4) is 0 Å². The maximum atomic E-state index is 8.26. The van der Waals surface area contributed by atoms with E-state index in [-0.39, 0.29) is 29.7 Å². The number of benzene rings is 16. The van der Waals surface area contributed by atoms with Gasteiger partial charge in [-0.2, -0.15) is 0 Å². The maximum Gasteiger partial charge on any atom is 0.256 e. The second kappa shape index (κ2) is 25.4. The molecule has 4 aliphatic heterocycles. The molecule has 0 fully saturated rings. The molecular formula is C109H85B2N3O. The van der Waals surface area contributed by atoms with Crippen LogP contribution < -0.4 is 52.2 Å². The quantitative estimate of drug-likeness (QED) is 0.141. The van der Waals surface area contributed by atoms with Crippen LogP contribution in [0.25, 0.3) is 77.9 Å². The normalized spacial score (nSPS) is 14.0. The van der Waals surface area contributed by atoms with E-state index in [2.05, 4.69) is 429 Å². The zero-order chi connectivity index (χ0) is 77.5. The lowest BCUT2D eigenvalue weighted by atomic mass is 9.30. The molecule has 0 bridgehead atoms. The van der Waals surface area contributed by atoms with E-state index in [0.717, 1.165) is 118 Å². The third kappa shape index (κ3) is 10.3. The van der Waals surface area contributed by atoms with E-state index in [1.165, 1.54) is 94.2 Å². The van der Waals surface area contributed by atoms with Gasteiger partial charge in [-0.25, -0.2) is 0 Å². The predicted molar refractivity (Wildman–Crippen MR) is 486 cm³/mol. The fraction of sp³-hybridized carbons (Fsp3) is 0.119. The summed E-state index contributed by atoms with van der Waals surface area (Å²) in [4.78, 5) is 7.86. The van der Waals surface area contributed by atoms with Crippen LogP contribution in [0.2, 0.25) is 0 Å². The molecule has 0 aromatic heterocycles. The lowest BCUT2D eigenvalue weighted by molar-refractivity contribution is 0.488. The van der Waals surface area contributed by atoms with E-state index in [1.54, 1.807) is 0 Å². The van der Waals surface area contributed by atoms with Gasteiger partial charge >= 0.3 is 0 Å². The fourth-order valence-corrected chi connectivity index (χ4v) is 20.4. The molecule has 16 aromatic rings. The van der Waals surface area contributed by atoms with E-state index in [0.29, 0.717) is 0 Å². The number of ether oxygens (including phenoxy) is 1. The molecule has 4 heterocycles. The molecule has 0 amide bonds. The van der Waals surface area contributed by atoms with Crippen LogP contribution in [0.5, 0.6) is 11.5 Å². The number of anilines is 9. The summed E-state index contributed by atoms with van der Waals surface area (Å²) in [5, 5.41) is 0. The van der Waals surface area contributed by atoms with Crippen molar-refractivity contribution >= 4 is 97.4 Å². The summed E-state index contributed by atoms with van der Waals surface area (Å²) < 4.78 is 8.26. The molecule has 1 spiro atoms. The zero-order valence-corrected chi connectivity index (χ0v) is 66.4. The van der Waals surface area contributed by atoms with Crippen molar-refractivity contribution in [2.75, 3.05) is 14.7 Å². The Morgan fingerprint density at radius 2 is 0.652 bits per heavy atom. The van der Waals surface area contributed by atoms with Gasteiger partial charge in [0, 0.05) is 62.6 Å². The zero-order valence-electron chi connectivity index (χ0n) is 66.4. The molecule has 0 radical (unpaired) electrons. The van der Waals surface area contributed by atoms with Crippen molar-refractivity contribution in [1.29, 1.82) is 0 Å². The van der Waals surface area contributed by atoms with Crippen molar-refractivity contribution in [3.8, 4) is 89.4 Å². The van der Waals surface area contributed by atoms with E-state index < -0.39 is 5.41 Å². The van der Waals surface area contributed by atoms with Crippen LogP contribution in [0, 0.1) is 0 Å². The van der Waals surface area contributed by atoms with Gasteiger partial charge in [-0.05, 0) is 216 Å². The van der Waals surface area contributed by atoms with Gasteiger partial charge in [-0.3, -0.25) is 0 Å². The van der Waals surface area contributed by atoms with Gasteiger partial charge in [-0.15, -0.1) is 0 Å². The highest BCUT2D eigenvalue weighted by atomic mass is 16.5. The first-order chi connectivity index (χ1) is 56.0. The highest BCUT2D eigenvalue weighted by Gasteiger charge is 2.54. The van der Waals surface area contributed by atoms with Crippen LogP contribution in [-0.4, -0.2) is 13.4 Å². The van der Waals surface area contributed by atoms with Crippen molar-refractivity contribution in [2.45, 2.75) is 84.0 Å². The van der Waals surface area contributed by atoms with Crippen LogP contribution >= 0.6 is 0 Å². The maximum absolute atomic E-state index is 8.26. The third-order valence-corrected chi connectivity index (χ3v) is 25.7. The Morgan fingerprint density at radius 3 is 1.21 bits per heavy atom. The first kappa shape index (κ1) is 68.6. The first-order valence-corrected chi connectivity index (χ1v) is 40.9. The van der Waals surface area contributed by atoms with E-state index >= 15 is 0 Å². The molecule has 6 heteroatoms. The lowest BCUT2D eigenvalue weighted by Gasteiger charge is -2.46. The second-order valence-electron chi connectivity index (χ2n) is 35.4. The molecule has 0 N–H and O–H groups in total. The summed E-state index contributed by atoms with van der Waals surface area (Å²) in [6.45, 7) is 20.7. The van der Waals surface area contributed by atoms with Gasteiger partial charge in [0.25, 0.3) is 13.4 Å². The number of hydrogen-bond acceptors (Lipinski definition) is 4. The van der Waals surface area contributed by atoms with Crippen LogP contribution in [0.15, 0.2) is 352 Å². The number of hydrogen-bond donors (Lipinski definition) is 0. The molecule has 4 nitrogen and oxygen atoms in total. The molecule has 0 saturated heterocycles. The van der Waals surface area contributed by atoms with Crippen LogP contribution in [0.1, 0.15) is 101 Å². The van der Waals surface area contributed by atoms with Crippen molar-refractivity contribution in [3.05, 3.63) is 391 Å². The Balaban J connectivity index is 0.871. The van der Waals surface area contributed by atoms with Crippen LogP contribution in [0.4, 0.5) is 51.2 Å². The third-order valence-electron chi connectivity index (χ3n) is 25.7. The number of fused-ring (bicyclic) bond motifs is 18. The SMILES string of the molecule is CC(C)(C)c1cc(-c2cc3c4c(c2)N(c2c(-c5ccccc5)cc(C(C)(C)C)cc2-c2ccccc2)c2cc5c(cc2B4c2ccccc2N3c2ccccc2-c2ccccc2)B2c3ccccc3N(c3ccccc3)c3cc(-c4cccc6c4C4(c7ccccc7-c7ccccc74)c4ccccc4-6)cc(c32)O5)cc(C(C)(C)C)c1. The molecule has 548 valence electrons. The summed E-state index contributed by atoms with van der Waals surface area (Å²) in [5.41, 5.74) is 41.7. The molecule has 0 saturated carbocycles. The smallest absolute Gasteiger partial charge is 0.256 e. The van der Waals surface area contributed by atoms with Crippen molar-refractivity contribution in [3.63, 3.8) is 0 Å². The minimum absolute atomic E-state index is 0.153. The number of para-hydroxylation sites is 4. The fourth-order valence-electron chi connectivity index (χ4n) is 20.4. The standard InChI is InChI=1S/C109H85B2N3O/c1-106(2,3)74-57-71(58-75(63-74)107(4,5)6)72-59-97-103-98(60-72)114(105-84(69-37-16-11-17-38-69)64-76(108(7,8)9)65-85(105)70-39-18-12-19-40-70)96-67-100-92(66-91(96)110(103)90-53-30-33-56-95(90)113(97)93-54-31-25-43-78(93)68-35-14-10-15-36-68)111-89-52-29-32-55-94(89)112(77-41-20-13-21-42-77)99-61-73(62-101(115-100)104(99)111)79-47-34-48-83-82-46-24-28-51-88(82)109(102(79)83)86-49-26-22-44-80(86)81-45-23-27-50-87(81)109/h10-67H,1-9H3. The van der Waals surface area contributed by atoms with Crippen molar-refractivity contribution < 1.29 is 4.74 Å². The Morgan fingerprint density at radius 1 is 0.243 bits per heavy atom.